The molecule has 0 atom stereocenters. The summed E-state index contributed by atoms with van der Waals surface area (Å²) < 4.78 is 21.5. The van der Waals surface area contributed by atoms with Gasteiger partial charge < -0.3 is 9.09 Å². The first-order valence-corrected chi connectivity index (χ1v) is 8.82. The molecule has 0 amide bonds. The minimum atomic E-state index is -0.259. The largest absolute Gasteiger partial charge is 0.361 e. The van der Waals surface area contributed by atoms with Gasteiger partial charge in [-0.2, -0.15) is 0 Å². The summed E-state index contributed by atoms with van der Waals surface area (Å²) in [6, 6.07) is 11.7. The third-order valence-corrected chi connectivity index (χ3v) is 4.86. The molecule has 0 aliphatic heterocycles. The van der Waals surface area contributed by atoms with E-state index < -0.39 is 0 Å². The minimum Gasteiger partial charge on any atom is -0.361 e. The first-order valence-electron chi connectivity index (χ1n) is 8.82. The van der Waals surface area contributed by atoms with Gasteiger partial charge in [0.2, 0.25) is 0 Å². The molecule has 5 heteroatoms. The second kappa shape index (κ2) is 6.83. The van der Waals surface area contributed by atoms with Crippen LogP contribution in [0.2, 0.25) is 0 Å². The van der Waals surface area contributed by atoms with Crippen molar-refractivity contribution in [2.24, 2.45) is 0 Å². The van der Waals surface area contributed by atoms with Gasteiger partial charge in [-0.15, -0.1) is 0 Å². The van der Waals surface area contributed by atoms with Gasteiger partial charge in [-0.3, -0.25) is 0 Å². The fraction of sp³-hybridized carbons (Fsp3) is 0.182. The van der Waals surface area contributed by atoms with Crippen LogP contribution in [0.25, 0.3) is 16.8 Å². The SMILES string of the molecule is Cc1ccc(-c2c(C)noc2C)cc1Cc1ccc(-n2ccnc2)c(F)c1. The van der Waals surface area contributed by atoms with Gasteiger partial charge in [0.1, 0.15) is 11.6 Å². The van der Waals surface area contributed by atoms with Crippen molar-refractivity contribution in [3.8, 4) is 16.8 Å². The van der Waals surface area contributed by atoms with E-state index >= 15 is 0 Å². The Morgan fingerprint density at radius 3 is 2.59 bits per heavy atom. The van der Waals surface area contributed by atoms with Gasteiger partial charge in [-0.1, -0.05) is 29.4 Å². The average Bonchev–Trinajstić information content (AvgIpc) is 3.28. The monoisotopic (exact) mass is 361 g/mol. The molecule has 2 heterocycles. The quantitative estimate of drug-likeness (QED) is 0.503. The number of aromatic nitrogens is 3. The van der Waals surface area contributed by atoms with Crippen LogP contribution < -0.4 is 0 Å². The van der Waals surface area contributed by atoms with Crippen molar-refractivity contribution in [1.29, 1.82) is 0 Å². The van der Waals surface area contributed by atoms with Gasteiger partial charge in [0, 0.05) is 18.0 Å². The van der Waals surface area contributed by atoms with Crippen molar-refractivity contribution in [2.75, 3.05) is 0 Å². The lowest BCUT2D eigenvalue weighted by atomic mass is 9.95. The lowest BCUT2D eigenvalue weighted by Crippen LogP contribution is -1.98. The first-order chi connectivity index (χ1) is 13.0. The average molecular weight is 361 g/mol. The van der Waals surface area contributed by atoms with Gasteiger partial charge >= 0.3 is 0 Å². The number of nitrogens with zero attached hydrogens (tertiary/aromatic N) is 3. The van der Waals surface area contributed by atoms with Crippen LogP contribution in [0.5, 0.6) is 0 Å². The summed E-state index contributed by atoms with van der Waals surface area (Å²) in [6.45, 7) is 5.93. The van der Waals surface area contributed by atoms with Crippen molar-refractivity contribution >= 4 is 0 Å². The molecule has 0 aliphatic carbocycles. The van der Waals surface area contributed by atoms with Gasteiger partial charge in [-0.05, 0) is 61.6 Å². The van der Waals surface area contributed by atoms with Gasteiger partial charge in [0.05, 0.1) is 17.7 Å². The molecule has 0 unspecified atom stereocenters. The zero-order chi connectivity index (χ0) is 19.0. The Morgan fingerprint density at radius 2 is 1.93 bits per heavy atom. The van der Waals surface area contributed by atoms with E-state index in [-0.39, 0.29) is 5.82 Å². The summed E-state index contributed by atoms with van der Waals surface area (Å²) in [6.07, 6.45) is 5.62. The number of rotatable bonds is 4. The number of halogens is 1. The Morgan fingerprint density at radius 1 is 1.07 bits per heavy atom. The molecule has 4 aromatic rings. The fourth-order valence-electron chi connectivity index (χ4n) is 3.40. The summed E-state index contributed by atoms with van der Waals surface area (Å²) in [5, 5.41) is 4.04. The van der Waals surface area contributed by atoms with Crippen molar-refractivity contribution in [1.82, 2.24) is 14.7 Å². The molecule has 0 fully saturated rings. The third-order valence-electron chi connectivity index (χ3n) is 4.86. The van der Waals surface area contributed by atoms with Crippen LogP contribution in [0.15, 0.2) is 59.6 Å². The Labute approximate surface area is 157 Å². The number of hydrogen-bond acceptors (Lipinski definition) is 3. The molecular weight excluding hydrogens is 341 g/mol. The Bertz CT molecular complexity index is 1080. The van der Waals surface area contributed by atoms with Crippen LogP contribution in [0.3, 0.4) is 0 Å². The van der Waals surface area contributed by atoms with Crippen LogP contribution >= 0.6 is 0 Å². The van der Waals surface area contributed by atoms with Crippen LogP contribution in [0.1, 0.15) is 28.1 Å². The highest BCUT2D eigenvalue weighted by molar-refractivity contribution is 5.69. The van der Waals surface area contributed by atoms with Gasteiger partial charge in [-0.25, -0.2) is 9.37 Å². The molecule has 2 aromatic carbocycles. The highest BCUT2D eigenvalue weighted by Gasteiger charge is 2.13. The molecule has 0 aliphatic rings. The molecule has 27 heavy (non-hydrogen) atoms. The maximum Gasteiger partial charge on any atom is 0.147 e. The number of hydrogen-bond donors (Lipinski definition) is 0. The lowest BCUT2D eigenvalue weighted by Gasteiger charge is -2.11. The Hall–Kier alpha value is -3.21. The number of aryl methyl sites for hydroxylation is 3. The van der Waals surface area contributed by atoms with E-state index in [0.717, 1.165) is 33.7 Å². The molecule has 0 bridgehead atoms. The van der Waals surface area contributed by atoms with E-state index in [1.54, 1.807) is 35.4 Å². The molecular formula is C22H20FN3O. The number of imidazole rings is 1. The summed E-state index contributed by atoms with van der Waals surface area (Å²) in [5.74, 6) is 0.545. The maximum atomic E-state index is 14.6. The summed E-state index contributed by atoms with van der Waals surface area (Å²) in [7, 11) is 0. The number of benzene rings is 2. The molecule has 2 aromatic heterocycles. The molecule has 136 valence electrons. The summed E-state index contributed by atoms with van der Waals surface area (Å²) >= 11 is 0. The smallest absolute Gasteiger partial charge is 0.147 e. The Balaban J connectivity index is 1.67. The Kier molecular flexibility index (Phi) is 4.36. The topological polar surface area (TPSA) is 43.9 Å². The van der Waals surface area contributed by atoms with Crippen LogP contribution in [0.4, 0.5) is 4.39 Å². The first kappa shape index (κ1) is 17.2. The molecule has 4 rings (SSSR count). The van der Waals surface area contributed by atoms with Crippen molar-refractivity contribution < 1.29 is 8.91 Å². The third kappa shape index (κ3) is 3.28. The van der Waals surface area contributed by atoms with E-state index in [4.69, 9.17) is 4.52 Å². The van der Waals surface area contributed by atoms with Crippen LogP contribution in [-0.4, -0.2) is 14.7 Å². The molecule has 0 saturated carbocycles. The minimum absolute atomic E-state index is 0.259. The maximum absolute atomic E-state index is 14.6. The normalized spacial score (nSPS) is 11.1. The predicted octanol–water partition coefficient (Wildman–Crippen LogP) is 5.18. The highest BCUT2D eigenvalue weighted by atomic mass is 19.1. The van der Waals surface area contributed by atoms with E-state index in [2.05, 4.69) is 35.3 Å². The summed E-state index contributed by atoms with van der Waals surface area (Å²) in [4.78, 5) is 3.97. The molecule has 0 saturated heterocycles. The van der Waals surface area contributed by atoms with Gasteiger partial charge in [0.15, 0.2) is 0 Å². The molecule has 4 nitrogen and oxygen atoms in total. The van der Waals surface area contributed by atoms with E-state index in [9.17, 15) is 4.39 Å². The van der Waals surface area contributed by atoms with Gasteiger partial charge in [0.25, 0.3) is 0 Å². The van der Waals surface area contributed by atoms with Crippen LogP contribution in [0, 0.1) is 26.6 Å². The van der Waals surface area contributed by atoms with Crippen molar-refractivity contribution in [3.63, 3.8) is 0 Å². The molecule has 0 N–H and O–H groups in total. The predicted molar refractivity (Wildman–Crippen MR) is 102 cm³/mol. The fourth-order valence-corrected chi connectivity index (χ4v) is 3.40. The van der Waals surface area contributed by atoms with Crippen molar-refractivity contribution in [3.05, 3.63) is 89.1 Å². The summed E-state index contributed by atoms with van der Waals surface area (Å²) in [5.41, 5.74) is 6.72. The molecule has 0 spiro atoms. The van der Waals surface area contributed by atoms with Crippen molar-refractivity contribution in [2.45, 2.75) is 27.2 Å². The second-order valence-electron chi connectivity index (χ2n) is 6.77. The van der Waals surface area contributed by atoms with E-state index in [1.807, 2.05) is 19.9 Å². The standard InChI is InChI=1S/C22H20FN3O/c1-14-4-6-18(22-15(2)25-27-16(22)3)12-19(14)10-17-5-7-21(20(23)11-17)26-9-8-24-13-26/h4-9,11-13H,10H2,1-3H3. The zero-order valence-electron chi connectivity index (χ0n) is 15.5. The molecule has 0 radical (unpaired) electrons. The van der Waals surface area contributed by atoms with E-state index in [1.165, 1.54) is 5.56 Å². The highest BCUT2D eigenvalue weighted by Crippen LogP contribution is 2.29. The van der Waals surface area contributed by atoms with Crippen LogP contribution in [-0.2, 0) is 6.42 Å². The second-order valence-corrected chi connectivity index (χ2v) is 6.77. The van der Waals surface area contributed by atoms with E-state index in [0.29, 0.717) is 12.1 Å². The zero-order valence-corrected chi connectivity index (χ0v) is 15.5. The lowest BCUT2D eigenvalue weighted by molar-refractivity contribution is 0.393.